The largest absolute Gasteiger partial charge is 0.455 e. The molecule has 1 aliphatic rings. The van der Waals surface area contributed by atoms with Gasteiger partial charge in [-0.15, -0.1) is 0 Å². The van der Waals surface area contributed by atoms with Crippen LogP contribution in [0, 0.1) is 0 Å². The van der Waals surface area contributed by atoms with E-state index in [0.717, 1.165) is 0 Å². The van der Waals surface area contributed by atoms with Gasteiger partial charge < -0.3 is 15.4 Å². The molecule has 0 spiro atoms. The first-order valence-electron chi connectivity index (χ1n) is 7.83. The Kier molecular flexibility index (Phi) is 4.65. The predicted octanol–water partition coefficient (Wildman–Crippen LogP) is 2.83. The van der Waals surface area contributed by atoms with E-state index in [4.69, 9.17) is 4.74 Å². The molecule has 24 heavy (non-hydrogen) atoms. The Morgan fingerprint density at radius 3 is 2.58 bits per heavy atom. The first kappa shape index (κ1) is 15.9. The van der Waals surface area contributed by atoms with Crippen LogP contribution < -0.4 is 15.4 Å². The van der Waals surface area contributed by atoms with Gasteiger partial charge in [-0.3, -0.25) is 9.69 Å². The zero-order valence-electron chi connectivity index (χ0n) is 13.4. The normalized spacial score (nSPS) is 14.9. The molecule has 0 aromatic heterocycles. The molecule has 0 radical (unpaired) electrons. The summed E-state index contributed by atoms with van der Waals surface area (Å²) in [6.07, 6.45) is 0. The first-order valence-corrected chi connectivity index (χ1v) is 7.83. The molecule has 3 rings (SSSR count). The second-order valence-corrected chi connectivity index (χ2v) is 5.50. The van der Waals surface area contributed by atoms with Gasteiger partial charge in [0.15, 0.2) is 5.75 Å². The van der Waals surface area contributed by atoms with Gasteiger partial charge in [0.1, 0.15) is 11.8 Å². The van der Waals surface area contributed by atoms with Crippen molar-refractivity contribution in [3.63, 3.8) is 0 Å². The molecule has 6 heteroatoms. The summed E-state index contributed by atoms with van der Waals surface area (Å²) >= 11 is 0. The van der Waals surface area contributed by atoms with Gasteiger partial charge in [0.2, 0.25) is 0 Å². The molecule has 0 unspecified atom stereocenters. The van der Waals surface area contributed by atoms with Crippen molar-refractivity contribution in [1.82, 2.24) is 10.2 Å². The highest BCUT2D eigenvalue weighted by molar-refractivity contribution is 5.99. The zero-order valence-corrected chi connectivity index (χ0v) is 13.4. The summed E-state index contributed by atoms with van der Waals surface area (Å²) in [4.78, 5) is 25.2. The van der Waals surface area contributed by atoms with E-state index in [0.29, 0.717) is 30.3 Å². The van der Waals surface area contributed by atoms with Gasteiger partial charge in [0, 0.05) is 13.1 Å². The first-order chi connectivity index (χ1) is 11.6. The molecule has 1 aliphatic heterocycles. The molecule has 2 N–H and O–H groups in total. The summed E-state index contributed by atoms with van der Waals surface area (Å²) in [5, 5.41) is 5.76. The van der Waals surface area contributed by atoms with Gasteiger partial charge in [-0.1, -0.05) is 30.3 Å². The van der Waals surface area contributed by atoms with Gasteiger partial charge in [-0.2, -0.15) is 0 Å². The predicted molar refractivity (Wildman–Crippen MR) is 91.2 cm³/mol. The van der Waals surface area contributed by atoms with Gasteiger partial charge in [-0.25, -0.2) is 4.79 Å². The van der Waals surface area contributed by atoms with Crippen molar-refractivity contribution in [2.75, 3.05) is 18.4 Å². The molecule has 2 aromatic carbocycles. The highest BCUT2D eigenvalue weighted by Crippen LogP contribution is 2.29. The number of rotatable bonds is 5. The van der Waals surface area contributed by atoms with Crippen LogP contribution in [-0.2, 0) is 4.79 Å². The highest BCUT2D eigenvalue weighted by Gasteiger charge is 2.29. The van der Waals surface area contributed by atoms with Crippen LogP contribution in [0.15, 0.2) is 54.6 Å². The number of amides is 3. The Hall–Kier alpha value is -3.02. The Labute approximate surface area is 140 Å². The second kappa shape index (κ2) is 7.04. The number of urea groups is 1. The fraction of sp³-hybridized carbons (Fsp3) is 0.222. The fourth-order valence-corrected chi connectivity index (χ4v) is 2.50. The molecule has 1 fully saturated rings. The standard InChI is InChI=1S/C18H19N3O3/c1-13(17(22)21-12-11-19-18(21)23)20-15-9-5-6-10-16(15)24-14-7-3-2-4-8-14/h2-10,13,20H,11-12H2,1H3,(H,19,23)/t13-/m0/s1. The van der Waals surface area contributed by atoms with E-state index in [1.165, 1.54) is 4.90 Å². The Morgan fingerprint density at radius 2 is 1.88 bits per heavy atom. The van der Waals surface area contributed by atoms with Crippen molar-refractivity contribution in [3.8, 4) is 11.5 Å². The van der Waals surface area contributed by atoms with E-state index >= 15 is 0 Å². The highest BCUT2D eigenvalue weighted by atomic mass is 16.5. The lowest BCUT2D eigenvalue weighted by molar-refractivity contribution is -0.128. The minimum absolute atomic E-state index is 0.264. The molecule has 0 saturated carbocycles. The lowest BCUT2D eigenvalue weighted by atomic mass is 10.2. The van der Waals surface area contributed by atoms with Gasteiger partial charge >= 0.3 is 6.03 Å². The number of benzene rings is 2. The molecular formula is C18H19N3O3. The van der Waals surface area contributed by atoms with E-state index in [9.17, 15) is 9.59 Å². The summed E-state index contributed by atoms with van der Waals surface area (Å²) in [6.45, 7) is 2.62. The maximum atomic E-state index is 12.4. The summed E-state index contributed by atoms with van der Waals surface area (Å²) < 4.78 is 5.87. The van der Waals surface area contributed by atoms with Crippen molar-refractivity contribution < 1.29 is 14.3 Å². The van der Waals surface area contributed by atoms with Crippen LogP contribution in [0.25, 0.3) is 0 Å². The molecule has 0 bridgehead atoms. The van der Waals surface area contributed by atoms with Crippen molar-refractivity contribution >= 4 is 17.6 Å². The van der Waals surface area contributed by atoms with Crippen LogP contribution in [0.5, 0.6) is 11.5 Å². The van der Waals surface area contributed by atoms with Crippen LogP contribution in [0.2, 0.25) is 0 Å². The second-order valence-electron chi connectivity index (χ2n) is 5.50. The quantitative estimate of drug-likeness (QED) is 0.887. The Balaban J connectivity index is 1.73. The van der Waals surface area contributed by atoms with Crippen molar-refractivity contribution in [1.29, 1.82) is 0 Å². The maximum absolute atomic E-state index is 12.4. The van der Waals surface area contributed by atoms with Crippen molar-refractivity contribution in [2.24, 2.45) is 0 Å². The molecular weight excluding hydrogens is 306 g/mol. The van der Waals surface area contributed by atoms with Crippen molar-refractivity contribution in [3.05, 3.63) is 54.6 Å². The number of imide groups is 1. The zero-order chi connectivity index (χ0) is 16.9. The van der Waals surface area contributed by atoms with Gasteiger partial charge in [-0.05, 0) is 31.2 Å². The number of hydrogen-bond donors (Lipinski definition) is 2. The number of hydrogen-bond acceptors (Lipinski definition) is 4. The third-order valence-corrected chi connectivity index (χ3v) is 3.72. The van der Waals surface area contributed by atoms with E-state index in [2.05, 4.69) is 10.6 Å². The average Bonchev–Trinajstić information content (AvgIpc) is 3.03. The molecule has 2 aromatic rings. The number of nitrogens with zero attached hydrogens (tertiary/aromatic N) is 1. The van der Waals surface area contributed by atoms with E-state index < -0.39 is 6.04 Å². The maximum Gasteiger partial charge on any atom is 0.324 e. The molecule has 0 aliphatic carbocycles. The number of ether oxygens (including phenoxy) is 1. The summed E-state index contributed by atoms with van der Waals surface area (Å²) in [5.74, 6) is 1.07. The molecule has 1 atom stereocenters. The topological polar surface area (TPSA) is 70.7 Å². The van der Waals surface area contributed by atoms with E-state index in [1.54, 1.807) is 6.92 Å². The number of anilines is 1. The minimum atomic E-state index is -0.547. The summed E-state index contributed by atoms with van der Waals surface area (Å²) in [6, 6.07) is 15.9. The van der Waals surface area contributed by atoms with Crippen LogP contribution >= 0.6 is 0 Å². The monoisotopic (exact) mass is 325 g/mol. The molecule has 3 amide bonds. The lowest BCUT2D eigenvalue weighted by Crippen LogP contribution is -2.43. The SMILES string of the molecule is C[C@H](Nc1ccccc1Oc1ccccc1)C(=O)N1CCNC1=O. The van der Waals surface area contributed by atoms with Crippen molar-refractivity contribution in [2.45, 2.75) is 13.0 Å². The summed E-state index contributed by atoms with van der Waals surface area (Å²) in [5.41, 5.74) is 0.696. The summed E-state index contributed by atoms with van der Waals surface area (Å²) in [7, 11) is 0. The average molecular weight is 325 g/mol. The van der Waals surface area contributed by atoms with Crippen LogP contribution in [0.3, 0.4) is 0 Å². The molecule has 1 heterocycles. The minimum Gasteiger partial charge on any atom is -0.455 e. The van der Waals surface area contributed by atoms with Gasteiger partial charge in [0.25, 0.3) is 5.91 Å². The Morgan fingerprint density at radius 1 is 1.17 bits per heavy atom. The van der Waals surface area contributed by atoms with E-state index in [-0.39, 0.29) is 11.9 Å². The fourth-order valence-electron chi connectivity index (χ4n) is 2.50. The molecule has 124 valence electrons. The lowest BCUT2D eigenvalue weighted by Gasteiger charge is -2.21. The molecule has 6 nitrogen and oxygen atoms in total. The number of carbonyl (C=O) groups excluding carboxylic acids is 2. The number of nitrogens with one attached hydrogen (secondary N) is 2. The Bertz CT molecular complexity index is 733. The smallest absolute Gasteiger partial charge is 0.324 e. The molecule has 1 saturated heterocycles. The van der Waals surface area contributed by atoms with Crippen LogP contribution in [0.1, 0.15) is 6.92 Å². The van der Waals surface area contributed by atoms with Gasteiger partial charge in [0.05, 0.1) is 5.69 Å². The number of carbonyl (C=O) groups is 2. The van der Waals surface area contributed by atoms with Crippen LogP contribution in [-0.4, -0.2) is 36.0 Å². The number of para-hydroxylation sites is 3. The third-order valence-electron chi connectivity index (χ3n) is 3.72. The van der Waals surface area contributed by atoms with Crippen LogP contribution in [0.4, 0.5) is 10.5 Å². The third kappa shape index (κ3) is 3.48. The van der Waals surface area contributed by atoms with E-state index in [1.807, 2.05) is 54.6 Å².